The lowest BCUT2D eigenvalue weighted by Gasteiger charge is -2.13. The van der Waals surface area contributed by atoms with E-state index in [2.05, 4.69) is 5.32 Å². The number of halogens is 1. The molecule has 0 atom stereocenters. The van der Waals surface area contributed by atoms with Crippen LogP contribution < -0.4 is 5.32 Å². The summed E-state index contributed by atoms with van der Waals surface area (Å²) in [5, 5.41) is 2.49. The molecule has 0 radical (unpaired) electrons. The van der Waals surface area contributed by atoms with Crippen molar-refractivity contribution in [2.75, 3.05) is 13.1 Å². The molecule has 0 saturated heterocycles. The zero-order valence-corrected chi connectivity index (χ0v) is 14.4. The summed E-state index contributed by atoms with van der Waals surface area (Å²) in [5.41, 5.74) is 1.05. The van der Waals surface area contributed by atoms with Gasteiger partial charge in [-0.05, 0) is 42.8 Å². The predicted octanol–water partition coefficient (Wildman–Crippen LogP) is 2.20. The van der Waals surface area contributed by atoms with Gasteiger partial charge in [0, 0.05) is 18.5 Å². The molecule has 0 unspecified atom stereocenters. The molecule has 3 amide bonds. The van der Waals surface area contributed by atoms with E-state index in [9.17, 15) is 23.6 Å². The zero-order chi connectivity index (χ0) is 19.4. The molecule has 0 aliphatic carbocycles. The van der Waals surface area contributed by atoms with Crippen LogP contribution in [0.1, 0.15) is 43.9 Å². The first-order chi connectivity index (χ1) is 13.0. The average Bonchev–Trinajstić information content (AvgIpc) is 2.92. The second-order valence-corrected chi connectivity index (χ2v) is 6.12. The quantitative estimate of drug-likeness (QED) is 0.600. The summed E-state index contributed by atoms with van der Waals surface area (Å²) in [4.78, 5) is 49.3. The monoisotopic (exact) mass is 368 g/mol. The summed E-state index contributed by atoms with van der Waals surface area (Å²) in [5.74, 6) is -1.85. The second-order valence-electron chi connectivity index (χ2n) is 6.12. The van der Waals surface area contributed by atoms with Crippen LogP contribution in [0.3, 0.4) is 0 Å². The molecule has 1 aliphatic heterocycles. The molecule has 3 rings (SSSR count). The summed E-state index contributed by atoms with van der Waals surface area (Å²) in [6, 6.07) is 11.7. The Balaban J connectivity index is 1.44. The van der Waals surface area contributed by atoms with E-state index in [0.29, 0.717) is 23.1 Å². The van der Waals surface area contributed by atoms with Gasteiger partial charge in [-0.1, -0.05) is 12.1 Å². The zero-order valence-electron chi connectivity index (χ0n) is 14.4. The highest BCUT2D eigenvalue weighted by molar-refractivity contribution is 6.21. The van der Waals surface area contributed by atoms with Crippen molar-refractivity contribution in [3.05, 3.63) is 71.0 Å². The van der Waals surface area contributed by atoms with Gasteiger partial charge in [0.25, 0.3) is 11.8 Å². The molecular formula is C20H17FN2O4. The normalized spacial score (nSPS) is 12.9. The minimum Gasteiger partial charge on any atom is -0.349 e. The molecule has 2 aromatic rings. The van der Waals surface area contributed by atoms with E-state index in [1.165, 1.54) is 24.3 Å². The van der Waals surface area contributed by atoms with E-state index in [1.54, 1.807) is 24.3 Å². The summed E-state index contributed by atoms with van der Waals surface area (Å²) >= 11 is 0. The first-order valence-corrected chi connectivity index (χ1v) is 8.48. The molecule has 2 aromatic carbocycles. The Morgan fingerprint density at radius 2 is 1.52 bits per heavy atom. The standard InChI is InChI=1S/C20H17FN2O4/c21-14-9-7-13(8-10-14)17(24)12-22-18(25)6-3-11-23-19(26)15-4-1-2-5-16(15)20(23)27/h1-2,4-5,7-10H,3,6,11-12H2,(H,22,25). The molecule has 1 heterocycles. The third-order valence-corrected chi connectivity index (χ3v) is 4.28. The molecule has 27 heavy (non-hydrogen) atoms. The minimum atomic E-state index is -0.441. The summed E-state index contributed by atoms with van der Waals surface area (Å²) in [7, 11) is 0. The Morgan fingerprint density at radius 3 is 2.11 bits per heavy atom. The van der Waals surface area contributed by atoms with Crippen molar-refractivity contribution in [3.63, 3.8) is 0 Å². The largest absolute Gasteiger partial charge is 0.349 e. The van der Waals surface area contributed by atoms with Crippen LogP contribution in [-0.4, -0.2) is 41.5 Å². The Bertz CT molecular complexity index is 873. The fourth-order valence-corrected chi connectivity index (χ4v) is 2.85. The number of amides is 3. The fraction of sp³-hybridized carbons (Fsp3) is 0.200. The lowest BCUT2D eigenvalue weighted by atomic mass is 10.1. The number of carbonyl (C=O) groups excluding carboxylic acids is 4. The van der Waals surface area contributed by atoms with E-state index in [0.717, 1.165) is 4.90 Å². The van der Waals surface area contributed by atoms with Gasteiger partial charge in [0.2, 0.25) is 5.91 Å². The third kappa shape index (κ3) is 4.08. The number of ketones is 1. The van der Waals surface area contributed by atoms with Crippen molar-refractivity contribution in [2.24, 2.45) is 0 Å². The molecule has 0 spiro atoms. The van der Waals surface area contributed by atoms with Crippen LogP contribution in [0, 0.1) is 5.82 Å². The summed E-state index contributed by atoms with van der Waals surface area (Å²) in [6.07, 6.45) is 0.367. The number of fused-ring (bicyclic) bond motifs is 1. The van der Waals surface area contributed by atoms with Gasteiger partial charge < -0.3 is 5.32 Å². The Labute approximate surface area is 155 Å². The molecule has 1 aliphatic rings. The number of imide groups is 1. The van der Waals surface area contributed by atoms with Gasteiger partial charge in [-0.2, -0.15) is 0 Å². The molecule has 138 valence electrons. The fourth-order valence-electron chi connectivity index (χ4n) is 2.85. The molecule has 0 saturated carbocycles. The number of carbonyl (C=O) groups is 4. The van der Waals surface area contributed by atoms with Crippen LogP contribution in [0.4, 0.5) is 4.39 Å². The van der Waals surface area contributed by atoms with Gasteiger partial charge in [0.05, 0.1) is 17.7 Å². The van der Waals surface area contributed by atoms with E-state index in [1.807, 2.05) is 0 Å². The van der Waals surface area contributed by atoms with Crippen molar-refractivity contribution in [2.45, 2.75) is 12.8 Å². The third-order valence-electron chi connectivity index (χ3n) is 4.28. The van der Waals surface area contributed by atoms with Crippen LogP contribution in [0.25, 0.3) is 0 Å². The average molecular weight is 368 g/mol. The molecule has 7 heteroatoms. The van der Waals surface area contributed by atoms with Crippen LogP contribution in [0.5, 0.6) is 0 Å². The Hall–Kier alpha value is -3.35. The van der Waals surface area contributed by atoms with E-state index in [4.69, 9.17) is 0 Å². The smallest absolute Gasteiger partial charge is 0.261 e. The number of benzene rings is 2. The van der Waals surface area contributed by atoms with Gasteiger partial charge in [-0.3, -0.25) is 24.1 Å². The predicted molar refractivity (Wildman–Crippen MR) is 94.8 cm³/mol. The molecule has 6 nitrogen and oxygen atoms in total. The number of rotatable bonds is 7. The maximum atomic E-state index is 12.8. The lowest BCUT2D eigenvalue weighted by molar-refractivity contribution is -0.121. The summed E-state index contributed by atoms with van der Waals surface area (Å²) in [6.45, 7) is -0.0663. The van der Waals surface area contributed by atoms with Crippen LogP contribution in [-0.2, 0) is 4.79 Å². The van der Waals surface area contributed by atoms with Gasteiger partial charge in [0.15, 0.2) is 5.78 Å². The highest BCUT2D eigenvalue weighted by Crippen LogP contribution is 2.22. The van der Waals surface area contributed by atoms with Crippen molar-refractivity contribution in [3.8, 4) is 0 Å². The number of nitrogens with zero attached hydrogens (tertiary/aromatic N) is 1. The Morgan fingerprint density at radius 1 is 0.926 bits per heavy atom. The van der Waals surface area contributed by atoms with Crippen molar-refractivity contribution < 1.29 is 23.6 Å². The van der Waals surface area contributed by atoms with E-state index >= 15 is 0 Å². The number of nitrogens with one attached hydrogen (secondary N) is 1. The number of hydrogen-bond acceptors (Lipinski definition) is 4. The Kier molecular flexibility index (Phi) is 5.40. The van der Waals surface area contributed by atoms with Gasteiger partial charge in [-0.15, -0.1) is 0 Å². The summed E-state index contributed by atoms with van der Waals surface area (Å²) < 4.78 is 12.8. The molecule has 0 fully saturated rings. The van der Waals surface area contributed by atoms with Crippen molar-refractivity contribution in [1.82, 2.24) is 10.2 Å². The highest BCUT2D eigenvalue weighted by Gasteiger charge is 2.34. The molecule has 0 bridgehead atoms. The van der Waals surface area contributed by atoms with Crippen molar-refractivity contribution in [1.29, 1.82) is 0 Å². The first kappa shape index (κ1) is 18.4. The topological polar surface area (TPSA) is 83.6 Å². The molecular weight excluding hydrogens is 351 g/mol. The van der Waals surface area contributed by atoms with Crippen LogP contribution in [0.15, 0.2) is 48.5 Å². The van der Waals surface area contributed by atoms with Crippen LogP contribution in [0.2, 0.25) is 0 Å². The van der Waals surface area contributed by atoms with Gasteiger partial charge >= 0.3 is 0 Å². The van der Waals surface area contributed by atoms with Gasteiger partial charge in [-0.25, -0.2) is 4.39 Å². The highest BCUT2D eigenvalue weighted by atomic mass is 19.1. The SMILES string of the molecule is O=C(CCCN1C(=O)c2ccccc2C1=O)NCC(=O)c1ccc(F)cc1. The van der Waals surface area contributed by atoms with Crippen molar-refractivity contribution >= 4 is 23.5 Å². The van der Waals surface area contributed by atoms with E-state index < -0.39 is 5.82 Å². The number of Topliss-reactive ketones (excluding diaryl/α,β-unsaturated/α-hetero) is 1. The first-order valence-electron chi connectivity index (χ1n) is 8.48. The molecule has 0 aromatic heterocycles. The molecule has 1 N–H and O–H groups in total. The second kappa shape index (κ2) is 7.90. The maximum absolute atomic E-state index is 12.8. The lowest BCUT2D eigenvalue weighted by Crippen LogP contribution is -2.33. The minimum absolute atomic E-state index is 0.0735. The number of hydrogen-bond donors (Lipinski definition) is 1. The van der Waals surface area contributed by atoms with E-state index in [-0.39, 0.29) is 43.0 Å². The maximum Gasteiger partial charge on any atom is 0.261 e. The van der Waals surface area contributed by atoms with Gasteiger partial charge in [0.1, 0.15) is 5.82 Å². The van der Waals surface area contributed by atoms with Crippen LogP contribution >= 0.6 is 0 Å².